The van der Waals surface area contributed by atoms with Crippen molar-refractivity contribution in [3.8, 4) is 0 Å². The zero-order valence-corrected chi connectivity index (χ0v) is 11.9. The average molecular weight is 231 g/mol. The molecule has 4 rings (SSSR count). The standard InChI is InChI=1S/C16H28B/c1-11-14-9-12(16(14,2)3)10-15(11)17-13-7-5-4-6-8-13/h11-15H,4-10H2,1-3H3/q-1/t11-,12+,14-,15-/m1/s1. The Bertz CT molecular complexity index is 277. The summed E-state index contributed by atoms with van der Waals surface area (Å²) in [5, 5.41) is 0. The van der Waals surface area contributed by atoms with E-state index in [1.54, 1.807) is 0 Å². The number of rotatable bonds is 2. The van der Waals surface area contributed by atoms with Crippen LogP contribution in [0.2, 0.25) is 11.6 Å². The quantitative estimate of drug-likeness (QED) is 0.591. The minimum absolute atomic E-state index is 0.663. The van der Waals surface area contributed by atoms with Crippen molar-refractivity contribution in [3.63, 3.8) is 0 Å². The SMILES string of the molecule is C[C@H]1[C@H]([B-]C2CCCCC2)C[C@@H]2C[C@H]1C2(C)C. The van der Waals surface area contributed by atoms with Gasteiger partial charge in [-0.1, -0.05) is 65.2 Å². The van der Waals surface area contributed by atoms with Crippen molar-refractivity contribution in [2.45, 2.75) is 77.4 Å². The molecule has 4 aliphatic rings. The maximum absolute atomic E-state index is 2.79. The largest absolute Gasteiger partial charge is 0.328 e. The van der Waals surface area contributed by atoms with E-state index in [9.17, 15) is 0 Å². The summed E-state index contributed by atoms with van der Waals surface area (Å²) in [6, 6.07) is 0. The fourth-order valence-electron chi connectivity index (χ4n) is 5.12. The smallest absolute Gasteiger partial charge is 0.0297 e. The molecule has 0 aromatic rings. The monoisotopic (exact) mass is 231 g/mol. The number of hydrogen-bond donors (Lipinski definition) is 0. The van der Waals surface area contributed by atoms with E-state index in [0.29, 0.717) is 5.41 Å². The summed E-state index contributed by atoms with van der Waals surface area (Å²) in [7, 11) is 2.79. The van der Waals surface area contributed by atoms with Gasteiger partial charge in [0.2, 0.25) is 0 Å². The Morgan fingerprint density at radius 3 is 2.29 bits per heavy atom. The minimum Gasteiger partial charge on any atom is -0.328 e. The molecule has 4 atom stereocenters. The summed E-state index contributed by atoms with van der Waals surface area (Å²) in [5.41, 5.74) is 0.663. The first kappa shape index (κ1) is 12.1. The molecular weight excluding hydrogens is 203 g/mol. The first-order chi connectivity index (χ1) is 8.09. The van der Waals surface area contributed by atoms with Crippen LogP contribution in [0.3, 0.4) is 0 Å². The van der Waals surface area contributed by atoms with Gasteiger partial charge >= 0.3 is 0 Å². The topological polar surface area (TPSA) is 0 Å². The first-order valence-electron chi connectivity index (χ1n) is 7.94. The molecule has 0 aromatic carbocycles. The van der Waals surface area contributed by atoms with Gasteiger partial charge in [-0.3, -0.25) is 0 Å². The lowest BCUT2D eigenvalue weighted by Crippen LogP contribution is -2.54. The predicted octanol–water partition coefficient (Wildman–Crippen LogP) is 4.93. The third-order valence-corrected chi connectivity index (χ3v) is 6.58. The van der Waals surface area contributed by atoms with Gasteiger partial charge in [0.15, 0.2) is 0 Å². The summed E-state index contributed by atoms with van der Waals surface area (Å²) < 4.78 is 0. The second-order valence-corrected chi connectivity index (χ2v) is 7.71. The van der Waals surface area contributed by atoms with Crippen molar-refractivity contribution < 1.29 is 0 Å². The van der Waals surface area contributed by atoms with E-state index >= 15 is 0 Å². The van der Waals surface area contributed by atoms with Crippen LogP contribution in [0.5, 0.6) is 0 Å². The summed E-state index contributed by atoms with van der Waals surface area (Å²) in [5.74, 6) is 4.93. The molecule has 2 bridgehead atoms. The highest BCUT2D eigenvalue weighted by Crippen LogP contribution is 2.64. The zero-order chi connectivity index (χ0) is 12.0. The number of hydrogen-bond acceptors (Lipinski definition) is 0. The Labute approximate surface area is 108 Å². The molecule has 0 aliphatic heterocycles. The lowest BCUT2D eigenvalue weighted by atomic mass is 9.35. The molecule has 17 heavy (non-hydrogen) atoms. The van der Waals surface area contributed by atoms with E-state index in [1.807, 2.05) is 0 Å². The molecule has 0 N–H and O–H groups in total. The Morgan fingerprint density at radius 1 is 1.00 bits per heavy atom. The van der Waals surface area contributed by atoms with Gasteiger partial charge in [-0.15, -0.1) is 0 Å². The minimum atomic E-state index is 0.663. The van der Waals surface area contributed by atoms with Gasteiger partial charge < -0.3 is 7.28 Å². The highest BCUT2D eigenvalue weighted by molar-refractivity contribution is 6.39. The van der Waals surface area contributed by atoms with E-state index in [2.05, 4.69) is 28.1 Å². The van der Waals surface area contributed by atoms with Gasteiger partial charge in [-0.05, 0) is 23.7 Å². The van der Waals surface area contributed by atoms with Crippen molar-refractivity contribution in [2.24, 2.45) is 23.2 Å². The van der Waals surface area contributed by atoms with Gasteiger partial charge in [0.1, 0.15) is 0 Å². The normalized spacial score (nSPS) is 45.4. The van der Waals surface area contributed by atoms with Gasteiger partial charge in [-0.25, -0.2) is 11.6 Å². The van der Waals surface area contributed by atoms with E-state index in [-0.39, 0.29) is 0 Å². The molecule has 0 unspecified atom stereocenters. The molecule has 96 valence electrons. The second kappa shape index (κ2) is 4.32. The molecule has 0 heterocycles. The van der Waals surface area contributed by atoms with E-state index in [0.717, 1.165) is 29.4 Å². The van der Waals surface area contributed by atoms with Crippen molar-refractivity contribution in [1.82, 2.24) is 0 Å². The summed E-state index contributed by atoms with van der Waals surface area (Å²) >= 11 is 0. The lowest BCUT2D eigenvalue weighted by Gasteiger charge is -2.66. The molecule has 2 radical (unpaired) electrons. The van der Waals surface area contributed by atoms with Crippen LogP contribution >= 0.6 is 0 Å². The fraction of sp³-hybridized carbons (Fsp3) is 1.00. The maximum atomic E-state index is 2.79. The Morgan fingerprint density at radius 2 is 1.71 bits per heavy atom. The molecule has 1 heteroatoms. The number of fused-ring (bicyclic) bond motifs is 2. The van der Waals surface area contributed by atoms with Crippen LogP contribution in [0.25, 0.3) is 0 Å². The summed E-state index contributed by atoms with van der Waals surface area (Å²) in [6.45, 7) is 7.56. The van der Waals surface area contributed by atoms with E-state index in [4.69, 9.17) is 0 Å². The van der Waals surface area contributed by atoms with Crippen molar-refractivity contribution in [2.75, 3.05) is 0 Å². The Balaban J connectivity index is 1.59. The third-order valence-electron chi connectivity index (χ3n) is 6.58. The maximum Gasteiger partial charge on any atom is -0.0297 e. The molecule has 4 aliphatic carbocycles. The highest BCUT2D eigenvalue weighted by Gasteiger charge is 2.53. The van der Waals surface area contributed by atoms with Crippen molar-refractivity contribution >= 4 is 7.28 Å². The molecular formula is C16H28B-. The molecule has 0 saturated heterocycles. The zero-order valence-electron chi connectivity index (χ0n) is 11.9. The molecule has 0 spiro atoms. The van der Waals surface area contributed by atoms with Crippen LogP contribution in [-0.2, 0) is 0 Å². The molecule has 0 amide bonds. The molecule has 0 nitrogen and oxygen atoms in total. The lowest BCUT2D eigenvalue weighted by molar-refractivity contribution is -0.0987. The van der Waals surface area contributed by atoms with Crippen LogP contribution in [0.4, 0.5) is 0 Å². The fourth-order valence-corrected chi connectivity index (χ4v) is 5.12. The second-order valence-electron chi connectivity index (χ2n) is 7.71. The predicted molar refractivity (Wildman–Crippen MR) is 75.5 cm³/mol. The van der Waals surface area contributed by atoms with Crippen LogP contribution in [0.1, 0.15) is 65.7 Å². The van der Waals surface area contributed by atoms with Gasteiger partial charge in [-0.2, -0.15) is 0 Å². The van der Waals surface area contributed by atoms with Crippen LogP contribution in [0, 0.1) is 23.2 Å². The van der Waals surface area contributed by atoms with Gasteiger partial charge in [0.05, 0.1) is 0 Å². The molecule has 4 fully saturated rings. The average Bonchev–Trinajstić information content (AvgIpc) is 2.32. The van der Waals surface area contributed by atoms with Crippen LogP contribution < -0.4 is 0 Å². The summed E-state index contributed by atoms with van der Waals surface area (Å²) in [4.78, 5) is 0. The molecule has 0 aromatic heterocycles. The van der Waals surface area contributed by atoms with E-state index < -0.39 is 0 Å². The first-order valence-corrected chi connectivity index (χ1v) is 7.94. The van der Waals surface area contributed by atoms with Crippen molar-refractivity contribution in [1.29, 1.82) is 0 Å². The Kier molecular flexibility index (Phi) is 3.08. The molecule has 4 saturated carbocycles. The van der Waals surface area contributed by atoms with Gasteiger partial charge in [0.25, 0.3) is 0 Å². The Hall–Kier alpha value is 0.0649. The third kappa shape index (κ3) is 1.98. The highest BCUT2D eigenvalue weighted by atomic mass is 14.6. The van der Waals surface area contributed by atoms with Gasteiger partial charge in [0, 0.05) is 0 Å². The van der Waals surface area contributed by atoms with Crippen LogP contribution in [-0.4, -0.2) is 7.28 Å². The van der Waals surface area contributed by atoms with Crippen molar-refractivity contribution in [3.05, 3.63) is 0 Å². The summed E-state index contributed by atoms with van der Waals surface area (Å²) in [6.07, 6.45) is 10.5. The van der Waals surface area contributed by atoms with E-state index in [1.165, 1.54) is 44.9 Å². The van der Waals surface area contributed by atoms with Crippen LogP contribution in [0.15, 0.2) is 0 Å².